The van der Waals surface area contributed by atoms with Gasteiger partial charge < -0.3 is 10.2 Å². The number of rotatable bonds is 5. The first-order valence-corrected chi connectivity index (χ1v) is 11.2. The van der Waals surface area contributed by atoms with Gasteiger partial charge in [-0.2, -0.15) is 0 Å². The van der Waals surface area contributed by atoms with Crippen LogP contribution in [0.4, 0.5) is 17.3 Å². The number of benzene rings is 2. The van der Waals surface area contributed by atoms with Gasteiger partial charge in [0, 0.05) is 31.3 Å². The fourth-order valence-electron chi connectivity index (χ4n) is 3.00. The van der Waals surface area contributed by atoms with Gasteiger partial charge in [0.05, 0.1) is 22.3 Å². The first kappa shape index (κ1) is 19.8. The summed E-state index contributed by atoms with van der Waals surface area (Å²) in [5.74, 6) is 1.80. The maximum atomic E-state index is 11.7. The molecule has 0 saturated carbocycles. The Morgan fingerprint density at radius 1 is 0.900 bits per heavy atom. The molecule has 0 atom stereocenters. The van der Waals surface area contributed by atoms with Gasteiger partial charge in [0.2, 0.25) is 0 Å². The Balaban J connectivity index is 1.76. The molecule has 4 rings (SSSR count). The molecule has 0 saturated heterocycles. The van der Waals surface area contributed by atoms with Crippen molar-refractivity contribution < 1.29 is 8.42 Å². The molecule has 1 N–H and O–H groups in total. The molecule has 0 aliphatic carbocycles. The highest BCUT2D eigenvalue weighted by Crippen LogP contribution is 2.27. The van der Waals surface area contributed by atoms with Crippen LogP contribution in [0.1, 0.15) is 0 Å². The molecule has 0 radical (unpaired) electrons. The monoisotopic (exact) mass is 419 g/mol. The first-order valence-electron chi connectivity index (χ1n) is 9.29. The Bertz CT molecular complexity index is 1300. The molecule has 2 aromatic carbocycles. The van der Waals surface area contributed by atoms with E-state index < -0.39 is 9.84 Å². The smallest absolute Gasteiger partial charge is 0.175 e. The van der Waals surface area contributed by atoms with Crippen LogP contribution in [-0.2, 0) is 9.84 Å². The molecular weight excluding hydrogens is 398 g/mol. The van der Waals surface area contributed by atoms with E-state index in [-0.39, 0.29) is 4.90 Å². The summed E-state index contributed by atoms with van der Waals surface area (Å²) in [5.41, 5.74) is 2.51. The summed E-state index contributed by atoms with van der Waals surface area (Å²) >= 11 is 0. The number of nitrogens with zero attached hydrogens (tertiary/aromatic N) is 4. The fourth-order valence-corrected chi connectivity index (χ4v) is 3.63. The SMILES string of the molecule is CN(C)c1ccc(Nc2nc(-c3ccc(S(C)(=O)=O)cc3)nc3ccccc23)nc1. The Morgan fingerprint density at radius 3 is 2.27 bits per heavy atom. The van der Waals surface area contributed by atoms with Gasteiger partial charge in [-0.1, -0.05) is 12.1 Å². The summed E-state index contributed by atoms with van der Waals surface area (Å²) in [7, 11) is 0.663. The molecule has 0 unspecified atom stereocenters. The van der Waals surface area contributed by atoms with E-state index in [1.807, 2.05) is 55.4 Å². The van der Waals surface area contributed by atoms with Crippen molar-refractivity contribution in [2.24, 2.45) is 0 Å². The van der Waals surface area contributed by atoms with Crippen molar-refractivity contribution >= 4 is 38.1 Å². The minimum atomic E-state index is -3.26. The lowest BCUT2D eigenvalue weighted by atomic mass is 10.2. The van der Waals surface area contributed by atoms with Gasteiger partial charge in [0.1, 0.15) is 11.6 Å². The highest BCUT2D eigenvalue weighted by atomic mass is 32.2. The third kappa shape index (κ3) is 4.08. The van der Waals surface area contributed by atoms with Gasteiger partial charge in [-0.3, -0.25) is 0 Å². The minimum Gasteiger partial charge on any atom is -0.376 e. The molecular formula is C22H21N5O2S. The molecule has 152 valence electrons. The summed E-state index contributed by atoms with van der Waals surface area (Å²) in [6, 6.07) is 18.1. The van der Waals surface area contributed by atoms with Crippen molar-refractivity contribution in [2.75, 3.05) is 30.6 Å². The van der Waals surface area contributed by atoms with Gasteiger partial charge in [0.25, 0.3) is 0 Å². The molecule has 8 heteroatoms. The molecule has 0 bridgehead atoms. The lowest BCUT2D eigenvalue weighted by Gasteiger charge is -2.13. The van der Waals surface area contributed by atoms with Crippen molar-refractivity contribution in [3.8, 4) is 11.4 Å². The van der Waals surface area contributed by atoms with Gasteiger partial charge in [-0.25, -0.2) is 23.4 Å². The van der Waals surface area contributed by atoms with Gasteiger partial charge in [0.15, 0.2) is 15.7 Å². The van der Waals surface area contributed by atoms with Crippen LogP contribution in [0.25, 0.3) is 22.3 Å². The number of nitrogens with one attached hydrogen (secondary N) is 1. The lowest BCUT2D eigenvalue weighted by Crippen LogP contribution is -2.09. The van der Waals surface area contributed by atoms with Crippen LogP contribution in [-0.4, -0.2) is 43.7 Å². The number of anilines is 3. The Labute approximate surface area is 175 Å². The van der Waals surface area contributed by atoms with Crippen LogP contribution in [0.15, 0.2) is 71.8 Å². The van der Waals surface area contributed by atoms with Gasteiger partial charge in [-0.15, -0.1) is 0 Å². The maximum absolute atomic E-state index is 11.7. The average Bonchev–Trinajstić information content (AvgIpc) is 2.73. The summed E-state index contributed by atoms with van der Waals surface area (Å²) in [6.07, 6.45) is 2.97. The highest BCUT2D eigenvalue weighted by molar-refractivity contribution is 7.90. The average molecular weight is 420 g/mol. The standard InChI is InChI=1S/C22H21N5O2S/c1-27(2)16-10-13-20(23-14-16)25-22-18-6-4-5-7-19(18)24-21(26-22)15-8-11-17(12-9-15)30(3,28)29/h4-14H,1-3H3,(H,23,24,25,26). The predicted octanol–water partition coefficient (Wildman–Crippen LogP) is 3.90. The summed E-state index contributed by atoms with van der Waals surface area (Å²) in [5, 5.41) is 4.15. The van der Waals surface area contributed by atoms with Crippen LogP contribution in [0.5, 0.6) is 0 Å². The first-order chi connectivity index (χ1) is 14.3. The molecule has 2 aromatic heterocycles. The molecule has 30 heavy (non-hydrogen) atoms. The van der Waals surface area contributed by atoms with Crippen LogP contribution >= 0.6 is 0 Å². The van der Waals surface area contributed by atoms with Crippen LogP contribution in [0, 0.1) is 0 Å². The number of para-hydroxylation sites is 1. The summed E-state index contributed by atoms with van der Waals surface area (Å²) in [6.45, 7) is 0. The molecule has 0 fully saturated rings. The largest absolute Gasteiger partial charge is 0.376 e. The Kier molecular flexibility index (Phi) is 5.09. The zero-order valence-electron chi connectivity index (χ0n) is 16.9. The Morgan fingerprint density at radius 2 is 1.63 bits per heavy atom. The van der Waals surface area contributed by atoms with Gasteiger partial charge in [-0.05, 0) is 48.5 Å². The van der Waals surface area contributed by atoms with E-state index in [0.29, 0.717) is 17.5 Å². The van der Waals surface area contributed by atoms with Crippen molar-refractivity contribution in [3.05, 3.63) is 66.9 Å². The summed E-state index contributed by atoms with van der Waals surface area (Å²) < 4.78 is 23.5. The van der Waals surface area contributed by atoms with E-state index in [9.17, 15) is 8.42 Å². The van der Waals surface area contributed by atoms with E-state index in [1.165, 1.54) is 6.26 Å². The van der Waals surface area contributed by atoms with E-state index >= 15 is 0 Å². The quantitative estimate of drug-likeness (QED) is 0.525. The van der Waals surface area contributed by atoms with Crippen molar-refractivity contribution in [2.45, 2.75) is 4.90 Å². The summed E-state index contributed by atoms with van der Waals surface area (Å²) in [4.78, 5) is 16.0. The van der Waals surface area contributed by atoms with Crippen molar-refractivity contribution in [3.63, 3.8) is 0 Å². The molecule has 4 aromatic rings. The normalized spacial score (nSPS) is 11.4. The van der Waals surface area contributed by atoms with E-state index in [4.69, 9.17) is 4.98 Å². The number of pyridine rings is 1. The number of fused-ring (bicyclic) bond motifs is 1. The second-order valence-corrected chi connectivity index (χ2v) is 9.15. The third-order valence-corrected chi connectivity index (χ3v) is 5.78. The number of aromatic nitrogens is 3. The van der Waals surface area contributed by atoms with E-state index in [1.54, 1.807) is 30.5 Å². The molecule has 0 aliphatic heterocycles. The van der Waals surface area contributed by atoms with E-state index in [2.05, 4.69) is 15.3 Å². The number of hydrogen-bond donors (Lipinski definition) is 1. The molecule has 0 amide bonds. The highest BCUT2D eigenvalue weighted by Gasteiger charge is 2.12. The fraction of sp³-hybridized carbons (Fsp3) is 0.136. The zero-order valence-corrected chi connectivity index (χ0v) is 17.7. The van der Waals surface area contributed by atoms with Crippen molar-refractivity contribution in [1.29, 1.82) is 0 Å². The third-order valence-electron chi connectivity index (χ3n) is 4.65. The molecule has 0 aliphatic rings. The number of hydrogen-bond acceptors (Lipinski definition) is 7. The van der Waals surface area contributed by atoms with Crippen LogP contribution in [0.3, 0.4) is 0 Å². The van der Waals surface area contributed by atoms with E-state index in [0.717, 1.165) is 22.2 Å². The predicted molar refractivity (Wildman–Crippen MR) is 120 cm³/mol. The molecule has 7 nitrogen and oxygen atoms in total. The zero-order chi connectivity index (χ0) is 21.3. The van der Waals surface area contributed by atoms with Gasteiger partial charge >= 0.3 is 0 Å². The minimum absolute atomic E-state index is 0.260. The second kappa shape index (κ2) is 7.72. The number of sulfone groups is 1. The van der Waals surface area contributed by atoms with Crippen LogP contribution in [0.2, 0.25) is 0 Å². The topological polar surface area (TPSA) is 88.1 Å². The lowest BCUT2D eigenvalue weighted by molar-refractivity contribution is 0.602. The maximum Gasteiger partial charge on any atom is 0.175 e. The van der Waals surface area contributed by atoms with Crippen LogP contribution < -0.4 is 10.2 Å². The second-order valence-electron chi connectivity index (χ2n) is 7.13. The van der Waals surface area contributed by atoms with Crippen molar-refractivity contribution in [1.82, 2.24) is 15.0 Å². The molecule has 2 heterocycles. The Hall–Kier alpha value is -3.52. The molecule has 0 spiro atoms.